The highest BCUT2D eigenvalue weighted by atomic mass is 31.2. The second-order valence-electron chi connectivity index (χ2n) is 10.9. The number of rotatable bonds is 12. The lowest BCUT2D eigenvalue weighted by molar-refractivity contribution is -0.174. The van der Waals surface area contributed by atoms with Crippen LogP contribution < -0.4 is 15.3 Å². The molecule has 1 aliphatic heterocycles. The van der Waals surface area contributed by atoms with Crippen molar-refractivity contribution >= 4 is 37.0 Å². The van der Waals surface area contributed by atoms with Gasteiger partial charge in [0.1, 0.15) is 36.4 Å². The molecule has 1 saturated carbocycles. The number of aromatic nitrogens is 3. The Morgan fingerprint density at radius 2 is 1.84 bits per heavy atom. The van der Waals surface area contributed by atoms with Gasteiger partial charge in [-0.1, -0.05) is 18.2 Å². The first-order chi connectivity index (χ1) is 21.3. The third kappa shape index (κ3) is 5.74. The molecule has 7 atom stereocenters. The normalized spacial score (nSPS) is 27.3. The van der Waals surface area contributed by atoms with Crippen molar-refractivity contribution in [3.05, 3.63) is 54.5 Å². The van der Waals surface area contributed by atoms with Crippen molar-refractivity contribution in [1.82, 2.24) is 19.7 Å². The van der Waals surface area contributed by atoms with Crippen LogP contribution in [0.2, 0.25) is 0 Å². The van der Waals surface area contributed by atoms with Crippen LogP contribution in [0.3, 0.4) is 0 Å². The van der Waals surface area contributed by atoms with Gasteiger partial charge in [-0.05, 0) is 45.0 Å². The monoisotopic (exact) mass is 649 g/mol. The summed E-state index contributed by atoms with van der Waals surface area (Å²) in [7, 11) is -4.64. The Bertz CT molecular complexity index is 1660. The van der Waals surface area contributed by atoms with Crippen molar-refractivity contribution in [3.8, 4) is 5.75 Å². The molecule has 0 bridgehead atoms. The minimum Gasteiger partial charge on any atom is -0.462 e. The van der Waals surface area contributed by atoms with Crippen LogP contribution in [0.25, 0.3) is 5.52 Å². The summed E-state index contributed by atoms with van der Waals surface area (Å²) in [5, 5.41) is 6.70. The first-order valence-corrected chi connectivity index (χ1v) is 15.5. The summed E-state index contributed by atoms with van der Waals surface area (Å²) in [4.78, 5) is 41.5. The van der Waals surface area contributed by atoms with Gasteiger partial charge in [0.05, 0.1) is 11.8 Å². The first kappa shape index (κ1) is 32.3. The second-order valence-corrected chi connectivity index (χ2v) is 12.5. The molecule has 2 aliphatic rings. The fourth-order valence-electron chi connectivity index (χ4n) is 5.52. The SMILES string of the molecule is CC(=O)O[C@H]1[C@H](c2ccc3c(N)ncnn23)O[C@]2(CF)C(O[P@@](=O)(N[C@@H](C)C(=O)OC(C)C)Oc3ccccc3)[C@]12OC(C)=O. The van der Waals surface area contributed by atoms with Gasteiger partial charge in [-0.2, -0.15) is 10.2 Å². The fraction of sp³-hybridized carbons (Fsp3) is 0.464. The zero-order valence-electron chi connectivity index (χ0n) is 25.0. The number of nitrogens with two attached hydrogens (primary N) is 1. The Hall–Kier alpha value is -4.11. The van der Waals surface area contributed by atoms with E-state index in [-0.39, 0.29) is 17.3 Å². The Balaban J connectivity index is 1.57. The van der Waals surface area contributed by atoms with Crippen LogP contribution in [-0.2, 0) is 42.4 Å². The summed E-state index contributed by atoms with van der Waals surface area (Å²) in [5.74, 6) is -2.27. The number of ether oxygens (including phenoxy) is 4. The standard InChI is InChI=1S/C28H33FN5O10P/c1-15(2)39-25(37)16(3)33-45(38,43-19-9-7-6-8-10-19)44-26-27(13-29)28(26,41-18(5)36)23(40-17(4)35)22(42-27)20-11-12-21-24(30)31-14-32-34(20)21/h6-12,14-16,22-23,26H,13H2,1-5H3,(H,33,38)(H2,30,31,32)/t16-,22-,23-,26?,27+,28+,45+/m0/s1. The number of esters is 3. The molecule has 2 aromatic heterocycles. The summed E-state index contributed by atoms with van der Waals surface area (Å²) in [6.07, 6.45) is -3.73. The van der Waals surface area contributed by atoms with Crippen LogP contribution in [-0.4, -0.2) is 74.7 Å². The van der Waals surface area contributed by atoms with E-state index in [0.717, 1.165) is 13.8 Å². The van der Waals surface area contributed by atoms with Crippen molar-refractivity contribution < 1.29 is 51.3 Å². The van der Waals surface area contributed by atoms with Gasteiger partial charge in [-0.25, -0.2) is 18.5 Å². The third-order valence-corrected chi connectivity index (χ3v) is 8.95. The number of para-hydroxylation sites is 1. The summed E-state index contributed by atoms with van der Waals surface area (Å²) >= 11 is 0. The number of nitrogens with zero attached hydrogens (tertiary/aromatic N) is 3. The van der Waals surface area contributed by atoms with Crippen LogP contribution in [0.15, 0.2) is 48.8 Å². The van der Waals surface area contributed by atoms with E-state index in [4.69, 9.17) is 33.7 Å². The highest BCUT2D eigenvalue weighted by molar-refractivity contribution is 7.52. The molecule has 2 fully saturated rings. The van der Waals surface area contributed by atoms with Crippen molar-refractivity contribution in [2.24, 2.45) is 0 Å². The predicted molar refractivity (Wildman–Crippen MR) is 153 cm³/mol. The number of benzene rings is 1. The zero-order chi connectivity index (χ0) is 32.7. The smallest absolute Gasteiger partial charge is 0.459 e. The molecule has 3 aromatic rings. The lowest BCUT2D eigenvalue weighted by Gasteiger charge is -2.30. The van der Waals surface area contributed by atoms with Gasteiger partial charge < -0.3 is 29.2 Å². The van der Waals surface area contributed by atoms with E-state index in [0.29, 0.717) is 5.52 Å². The molecule has 45 heavy (non-hydrogen) atoms. The highest BCUT2D eigenvalue weighted by Gasteiger charge is 2.94. The van der Waals surface area contributed by atoms with Gasteiger partial charge in [0.15, 0.2) is 23.6 Å². The molecule has 3 heterocycles. The van der Waals surface area contributed by atoms with Gasteiger partial charge in [0.25, 0.3) is 0 Å². The molecular formula is C28H33FN5O10P. The maximum absolute atomic E-state index is 15.3. The average molecular weight is 650 g/mol. The van der Waals surface area contributed by atoms with Crippen LogP contribution in [0.4, 0.5) is 10.2 Å². The Labute approximate surface area is 257 Å². The second kappa shape index (κ2) is 12.0. The van der Waals surface area contributed by atoms with E-state index < -0.39 is 74.0 Å². The molecule has 17 heteroatoms. The largest absolute Gasteiger partial charge is 0.462 e. The third-order valence-electron chi connectivity index (χ3n) is 7.30. The van der Waals surface area contributed by atoms with Gasteiger partial charge >= 0.3 is 25.7 Å². The molecule has 1 saturated heterocycles. The maximum atomic E-state index is 15.3. The quantitative estimate of drug-likeness (QED) is 0.165. The Morgan fingerprint density at radius 3 is 2.47 bits per heavy atom. The number of halogens is 1. The molecular weight excluding hydrogens is 616 g/mol. The molecule has 5 rings (SSSR count). The van der Waals surface area contributed by atoms with E-state index in [1.165, 1.54) is 29.9 Å². The highest BCUT2D eigenvalue weighted by Crippen LogP contribution is 2.71. The zero-order valence-corrected chi connectivity index (χ0v) is 25.9. The molecule has 15 nitrogen and oxygen atoms in total. The maximum Gasteiger partial charge on any atom is 0.459 e. The summed E-state index contributed by atoms with van der Waals surface area (Å²) in [6, 6.07) is 9.77. The Kier molecular flexibility index (Phi) is 8.61. The molecule has 0 spiro atoms. The summed E-state index contributed by atoms with van der Waals surface area (Å²) in [5.41, 5.74) is 2.34. The topological polar surface area (TPSA) is 192 Å². The fourth-order valence-corrected chi connectivity index (χ4v) is 7.26. The summed E-state index contributed by atoms with van der Waals surface area (Å²) < 4.78 is 65.5. The van der Waals surface area contributed by atoms with E-state index in [2.05, 4.69) is 15.2 Å². The molecule has 1 aromatic carbocycles. The number of hydrogen-bond donors (Lipinski definition) is 2. The predicted octanol–water partition coefficient (Wildman–Crippen LogP) is 2.84. The molecule has 1 unspecified atom stereocenters. The number of fused-ring (bicyclic) bond motifs is 2. The van der Waals surface area contributed by atoms with Crippen LogP contribution >= 0.6 is 7.75 Å². The van der Waals surface area contributed by atoms with Gasteiger partial charge in [0, 0.05) is 13.8 Å². The Morgan fingerprint density at radius 1 is 1.13 bits per heavy atom. The van der Waals surface area contributed by atoms with E-state index in [1.807, 2.05) is 0 Å². The lowest BCUT2D eigenvalue weighted by Crippen LogP contribution is -2.43. The van der Waals surface area contributed by atoms with Crippen molar-refractivity contribution in [2.45, 2.75) is 76.3 Å². The van der Waals surface area contributed by atoms with Crippen LogP contribution in [0.5, 0.6) is 5.75 Å². The van der Waals surface area contributed by atoms with Crippen molar-refractivity contribution in [3.63, 3.8) is 0 Å². The molecule has 0 radical (unpaired) electrons. The van der Waals surface area contributed by atoms with E-state index >= 15 is 4.39 Å². The van der Waals surface area contributed by atoms with Gasteiger partial charge in [0.2, 0.25) is 5.60 Å². The summed E-state index contributed by atoms with van der Waals surface area (Å²) in [6.45, 7) is 5.48. The first-order valence-electron chi connectivity index (χ1n) is 14.0. The average Bonchev–Trinajstić information content (AvgIpc) is 3.22. The minimum atomic E-state index is -4.64. The number of carbonyl (C=O) groups excluding carboxylic acids is 3. The minimum absolute atomic E-state index is 0.0756. The van der Waals surface area contributed by atoms with Crippen molar-refractivity contribution in [1.29, 1.82) is 0 Å². The van der Waals surface area contributed by atoms with E-state index in [1.54, 1.807) is 44.2 Å². The van der Waals surface area contributed by atoms with Gasteiger partial charge in [-0.3, -0.25) is 18.9 Å². The van der Waals surface area contributed by atoms with Crippen LogP contribution in [0.1, 0.15) is 46.4 Å². The molecule has 242 valence electrons. The van der Waals surface area contributed by atoms with Crippen LogP contribution in [0, 0.1) is 0 Å². The lowest BCUT2D eigenvalue weighted by atomic mass is 10.0. The molecule has 3 N–H and O–H groups in total. The van der Waals surface area contributed by atoms with E-state index in [9.17, 15) is 18.9 Å². The molecule has 1 aliphatic carbocycles. The molecule has 0 amide bonds. The number of hydrogen-bond acceptors (Lipinski definition) is 13. The number of nitrogens with one attached hydrogen (secondary N) is 1. The number of carbonyl (C=O) groups is 3. The van der Waals surface area contributed by atoms with Crippen molar-refractivity contribution in [2.75, 3.05) is 12.4 Å². The van der Waals surface area contributed by atoms with Gasteiger partial charge in [-0.15, -0.1) is 0 Å². The number of nitrogen functional groups attached to an aromatic ring is 1. The number of anilines is 1. The number of alkyl halides is 1.